The second kappa shape index (κ2) is 19.1. The number of nitro benzene ring substituents is 1. The minimum atomic E-state index is -4.56. The smallest absolute Gasteiger partial charge is 0.293 e. The molecule has 0 radical (unpaired) electrons. The van der Waals surface area contributed by atoms with Crippen molar-refractivity contribution < 1.29 is 32.3 Å². The van der Waals surface area contributed by atoms with Gasteiger partial charge < -0.3 is 29.4 Å². The molecule has 5 aromatic rings. The first-order valence-electron chi connectivity index (χ1n) is 20.3. The molecule has 0 bridgehead atoms. The van der Waals surface area contributed by atoms with E-state index < -0.39 is 31.4 Å². The van der Waals surface area contributed by atoms with Gasteiger partial charge in [-0.25, -0.2) is 13.1 Å². The third-order valence-corrected chi connectivity index (χ3v) is 12.8. The Morgan fingerprint density at radius 1 is 0.951 bits per heavy atom. The molecule has 4 aromatic carbocycles. The van der Waals surface area contributed by atoms with Crippen molar-refractivity contribution in [2.75, 3.05) is 76.4 Å². The van der Waals surface area contributed by atoms with Gasteiger partial charge in [-0.1, -0.05) is 43.2 Å². The fraction of sp³-hybridized carbons (Fsp3) is 0.356. The predicted octanol–water partition coefficient (Wildman–Crippen LogP) is 8.50. The molecule has 0 unspecified atom stereocenters. The number of amides is 1. The van der Waals surface area contributed by atoms with Gasteiger partial charge in [-0.15, -0.1) is 0 Å². The number of H-pyrrole nitrogens is 1. The number of piperazine rings is 1. The number of nitro groups is 1. The van der Waals surface area contributed by atoms with E-state index in [1.165, 1.54) is 28.8 Å². The van der Waals surface area contributed by atoms with E-state index in [0.29, 0.717) is 19.0 Å². The number of hydrogen-bond acceptors (Lipinski definition) is 11. The number of sulfonamides is 1. The molecular formula is C45H51ClN6O8S. The molecule has 61 heavy (non-hydrogen) atoms. The lowest BCUT2D eigenvalue weighted by atomic mass is 9.72. The number of carbonyl (C=O) groups is 1. The summed E-state index contributed by atoms with van der Waals surface area (Å²) >= 11 is 6.24. The summed E-state index contributed by atoms with van der Waals surface area (Å²) < 4.78 is 46.0. The lowest BCUT2D eigenvalue weighted by Gasteiger charge is -2.39. The van der Waals surface area contributed by atoms with Crippen LogP contribution in [-0.2, 0) is 19.5 Å². The Labute approximate surface area is 361 Å². The Balaban J connectivity index is 1.08. The summed E-state index contributed by atoms with van der Waals surface area (Å²) in [6, 6.07) is 24.0. The molecular weight excluding hydrogens is 820 g/mol. The highest BCUT2D eigenvalue weighted by Gasteiger charge is 2.30. The average Bonchev–Trinajstić information content (AvgIpc) is 3.71. The van der Waals surface area contributed by atoms with Gasteiger partial charge in [0.05, 0.1) is 35.2 Å². The predicted molar refractivity (Wildman–Crippen MR) is 238 cm³/mol. The van der Waals surface area contributed by atoms with Crippen LogP contribution in [0.3, 0.4) is 0 Å². The van der Waals surface area contributed by atoms with E-state index in [1.54, 1.807) is 31.4 Å². The van der Waals surface area contributed by atoms with Gasteiger partial charge in [0.15, 0.2) is 0 Å². The second-order valence-corrected chi connectivity index (χ2v) is 18.2. The Hall–Kier alpha value is -5.45. The van der Waals surface area contributed by atoms with Crippen LogP contribution in [0.15, 0.2) is 102 Å². The summed E-state index contributed by atoms with van der Waals surface area (Å²) in [5, 5.41) is 16.5. The maximum atomic E-state index is 13.9. The zero-order chi connectivity index (χ0) is 43.1. The number of anilines is 2. The number of halogens is 1. The summed E-state index contributed by atoms with van der Waals surface area (Å²) in [6.45, 7) is 9.91. The van der Waals surface area contributed by atoms with Gasteiger partial charge in [-0.05, 0) is 96.5 Å². The minimum Gasteiger partial charge on any atom is -0.456 e. The fourth-order valence-corrected chi connectivity index (χ4v) is 8.93. The van der Waals surface area contributed by atoms with E-state index in [2.05, 4.69) is 50.8 Å². The van der Waals surface area contributed by atoms with Crippen molar-refractivity contribution in [2.45, 2.75) is 38.0 Å². The van der Waals surface area contributed by atoms with Crippen LogP contribution in [0.4, 0.5) is 17.1 Å². The van der Waals surface area contributed by atoms with Crippen molar-refractivity contribution in [1.29, 1.82) is 0 Å². The number of rotatable bonds is 17. The average molecular weight is 871 g/mol. The number of hydrogen-bond donors (Lipinski definition) is 3. The topological polar surface area (TPSA) is 168 Å². The molecule has 3 N–H and O–H groups in total. The first-order valence-corrected chi connectivity index (χ1v) is 22.1. The van der Waals surface area contributed by atoms with E-state index >= 15 is 0 Å². The van der Waals surface area contributed by atoms with Crippen LogP contribution in [-0.4, -0.2) is 95.3 Å². The summed E-state index contributed by atoms with van der Waals surface area (Å²) in [4.78, 5) is 32.6. The molecule has 1 amide bonds. The van der Waals surface area contributed by atoms with Crippen molar-refractivity contribution in [3.63, 3.8) is 0 Å². The summed E-state index contributed by atoms with van der Waals surface area (Å²) in [5.41, 5.74) is 5.67. The van der Waals surface area contributed by atoms with Crippen LogP contribution in [0.2, 0.25) is 5.02 Å². The Bertz CT molecular complexity index is 2520. The molecule has 14 nitrogen and oxygen atoms in total. The van der Waals surface area contributed by atoms with E-state index in [-0.39, 0.29) is 35.6 Å². The molecule has 1 fully saturated rings. The van der Waals surface area contributed by atoms with E-state index in [4.69, 9.17) is 25.8 Å². The number of fused-ring (bicyclic) bond motifs is 1. The highest BCUT2D eigenvalue weighted by molar-refractivity contribution is 7.90. The van der Waals surface area contributed by atoms with Gasteiger partial charge in [0.25, 0.3) is 21.6 Å². The number of methoxy groups -OCH3 is 1. The summed E-state index contributed by atoms with van der Waals surface area (Å²) in [6.07, 6.45) is 5.01. The summed E-state index contributed by atoms with van der Waals surface area (Å²) in [7, 11) is -3.01. The largest absolute Gasteiger partial charge is 0.456 e. The highest BCUT2D eigenvalue weighted by Crippen LogP contribution is 2.43. The van der Waals surface area contributed by atoms with Crippen LogP contribution in [0.1, 0.15) is 49.0 Å². The number of nitrogens with one attached hydrogen (secondary N) is 3. The number of nitrogens with zero attached hydrogens (tertiary/aromatic N) is 3. The number of carbonyl (C=O) groups excluding carboxylic acids is 1. The van der Waals surface area contributed by atoms with Gasteiger partial charge in [0.1, 0.15) is 17.2 Å². The molecule has 1 aromatic heterocycles. The molecule has 7 rings (SSSR count). The maximum Gasteiger partial charge on any atom is 0.293 e. The quantitative estimate of drug-likeness (QED) is 0.0466. The van der Waals surface area contributed by atoms with Crippen molar-refractivity contribution in [2.24, 2.45) is 5.41 Å². The first-order chi connectivity index (χ1) is 29.3. The number of aromatic nitrogens is 1. The lowest BCUT2D eigenvalue weighted by molar-refractivity contribution is -0.384. The second-order valence-electron chi connectivity index (χ2n) is 16.1. The van der Waals surface area contributed by atoms with Crippen molar-refractivity contribution >= 4 is 61.1 Å². The zero-order valence-electron chi connectivity index (χ0n) is 34.5. The van der Waals surface area contributed by atoms with Gasteiger partial charge in [0.2, 0.25) is 0 Å². The highest BCUT2D eigenvalue weighted by atomic mass is 35.5. The van der Waals surface area contributed by atoms with Crippen LogP contribution in [0, 0.1) is 15.5 Å². The first kappa shape index (κ1) is 43.6. The molecule has 0 saturated carbocycles. The van der Waals surface area contributed by atoms with Crippen molar-refractivity contribution in [3.05, 3.63) is 123 Å². The number of ether oxygens (including phenoxy) is 3. The third-order valence-electron chi connectivity index (χ3n) is 11.2. The molecule has 1 saturated heterocycles. The molecule has 2 heterocycles. The van der Waals surface area contributed by atoms with Crippen LogP contribution in [0.5, 0.6) is 11.5 Å². The zero-order valence-corrected chi connectivity index (χ0v) is 36.1. The van der Waals surface area contributed by atoms with Crippen molar-refractivity contribution in [3.8, 4) is 11.5 Å². The van der Waals surface area contributed by atoms with E-state index in [9.17, 15) is 23.3 Å². The normalized spacial score (nSPS) is 15.8. The van der Waals surface area contributed by atoms with Gasteiger partial charge in [0, 0.05) is 86.3 Å². The molecule has 0 spiro atoms. The van der Waals surface area contributed by atoms with Gasteiger partial charge >= 0.3 is 0 Å². The minimum absolute atomic E-state index is 0.0247. The Morgan fingerprint density at radius 2 is 1.74 bits per heavy atom. The number of benzene rings is 4. The van der Waals surface area contributed by atoms with Crippen LogP contribution in [0.25, 0.3) is 16.5 Å². The standard InChI is InChI=1S/C45H51ClN6O8S/c1-45(2)16-14-33(39(29-45)31-4-6-34(46)7-5-31)30-50-19-21-51(22-20-50)35-8-11-38(43(27-35)60-36-9-12-40-32(26-36)15-17-47-40)44(53)49-61(56,57)37-10-13-41(42(28-37)52(54)55)48-18-23-59-25-24-58-3/h4-13,15,17,26-28,47-48H,14,16,18-25,29-30H2,1-3H3,(H,49,53). The maximum absolute atomic E-state index is 13.9. The summed E-state index contributed by atoms with van der Waals surface area (Å²) in [5.74, 6) is -0.342. The molecule has 2 aliphatic rings. The molecule has 322 valence electrons. The van der Waals surface area contributed by atoms with Crippen LogP contribution >= 0.6 is 11.6 Å². The fourth-order valence-electron chi connectivity index (χ4n) is 7.82. The molecule has 1 aliphatic heterocycles. The van der Waals surface area contributed by atoms with Gasteiger partial charge in [-0.3, -0.25) is 19.8 Å². The Morgan fingerprint density at radius 3 is 2.49 bits per heavy atom. The molecule has 16 heteroatoms. The Kier molecular flexibility index (Phi) is 13.6. The monoisotopic (exact) mass is 870 g/mol. The molecule has 1 aliphatic carbocycles. The number of aromatic amines is 1. The lowest BCUT2D eigenvalue weighted by Crippen LogP contribution is -2.47. The van der Waals surface area contributed by atoms with Crippen molar-refractivity contribution in [1.82, 2.24) is 14.6 Å². The third kappa shape index (κ3) is 10.9. The SMILES string of the molecule is COCCOCCNc1ccc(S(=O)(=O)NC(=O)c2ccc(N3CCN(CC4=C(c5ccc(Cl)cc5)CC(C)(C)CC4)CC3)cc2Oc2ccc3[nH]ccc3c2)cc1[N+](=O)[O-]. The van der Waals surface area contributed by atoms with Crippen LogP contribution < -0.4 is 19.7 Å². The van der Waals surface area contributed by atoms with E-state index in [1.807, 2.05) is 36.5 Å². The van der Waals surface area contributed by atoms with Gasteiger partial charge in [-0.2, -0.15) is 0 Å². The van der Waals surface area contributed by atoms with E-state index in [0.717, 1.165) is 79.7 Å². The number of allylic oxidation sites excluding steroid dienone is 1. The molecule has 0 atom stereocenters.